The van der Waals surface area contributed by atoms with Gasteiger partial charge in [0.25, 0.3) is 0 Å². The van der Waals surface area contributed by atoms with E-state index in [1.165, 1.54) is 26.2 Å². The van der Waals surface area contributed by atoms with Crippen LogP contribution in [0.1, 0.15) is 23.0 Å². The quantitative estimate of drug-likeness (QED) is 0.508. The summed E-state index contributed by atoms with van der Waals surface area (Å²) in [5.74, 6) is -0.775. The van der Waals surface area contributed by atoms with E-state index in [4.69, 9.17) is 4.74 Å². The van der Waals surface area contributed by atoms with Gasteiger partial charge in [-0.15, -0.1) is 0 Å². The Morgan fingerprint density at radius 3 is 2.58 bits per heavy atom. The minimum Gasteiger partial charge on any atom is -0.462 e. The SMILES string of the molecule is CCOC(=O)c1cccc(-c2c(C)n(C/C(F)=C/C[NH3+])c3ccc(S(=O)(=O)N(C)C)cc23)c1. The number of halogens is 1. The van der Waals surface area contributed by atoms with Crippen molar-refractivity contribution >= 4 is 26.9 Å². The van der Waals surface area contributed by atoms with Crippen LogP contribution in [0.5, 0.6) is 0 Å². The third kappa shape index (κ3) is 4.85. The third-order valence-corrected chi connectivity index (χ3v) is 7.22. The van der Waals surface area contributed by atoms with Crippen molar-refractivity contribution in [2.24, 2.45) is 0 Å². The highest BCUT2D eigenvalue weighted by Crippen LogP contribution is 2.37. The molecule has 3 N–H and O–H groups in total. The zero-order valence-electron chi connectivity index (χ0n) is 19.3. The number of hydrogen-bond donors (Lipinski definition) is 1. The van der Waals surface area contributed by atoms with Gasteiger partial charge < -0.3 is 15.0 Å². The number of fused-ring (bicyclic) bond motifs is 1. The number of esters is 1. The fourth-order valence-corrected chi connectivity index (χ4v) is 4.72. The molecule has 1 heterocycles. The highest BCUT2D eigenvalue weighted by atomic mass is 32.2. The predicted octanol–water partition coefficient (Wildman–Crippen LogP) is 3.14. The average Bonchev–Trinajstić information content (AvgIpc) is 3.04. The molecular weight excluding hydrogens is 445 g/mol. The lowest BCUT2D eigenvalue weighted by molar-refractivity contribution is -0.353. The van der Waals surface area contributed by atoms with Gasteiger partial charge in [-0.1, -0.05) is 12.1 Å². The second-order valence-corrected chi connectivity index (χ2v) is 9.91. The van der Waals surface area contributed by atoms with Crippen LogP contribution < -0.4 is 5.73 Å². The lowest BCUT2D eigenvalue weighted by Gasteiger charge is -2.12. The van der Waals surface area contributed by atoms with Gasteiger partial charge in [0.1, 0.15) is 5.83 Å². The monoisotopic (exact) mass is 474 g/mol. The molecule has 0 bridgehead atoms. The Balaban J connectivity index is 2.31. The van der Waals surface area contributed by atoms with Crippen molar-refractivity contribution in [3.63, 3.8) is 0 Å². The van der Waals surface area contributed by atoms with Crippen molar-refractivity contribution in [2.75, 3.05) is 27.2 Å². The van der Waals surface area contributed by atoms with Gasteiger partial charge in [-0.2, -0.15) is 0 Å². The summed E-state index contributed by atoms with van der Waals surface area (Å²) in [6, 6.07) is 11.8. The first-order valence-corrected chi connectivity index (χ1v) is 12.0. The van der Waals surface area contributed by atoms with Crippen molar-refractivity contribution in [3.05, 3.63) is 65.6 Å². The Labute approximate surface area is 193 Å². The van der Waals surface area contributed by atoms with Crippen molar-refractivity contribution in [1.82, 2.24) is 8.87 Å². The number of benzene rings is 2. The number of aromatic nitrogens is 1. The van der Waals surface area contributed by atoms with Crippen LogP contribution in [0.15, 0.2) is 59.3 Å². The van der Waals surface area contributed by atoms with Crippen LogP contribution in [0.25, 0.3) is 22.0 Å². The summed E-state index contributed by atoms with van der Waals surface area (Å²) in [6.45, 7) is 4.16. The van der Waals surface area contributed by atoms with Gasteiger partial charge >= 0.3 is 5.97 Å². The number of carbonyl (C=O) groups excluding carboxylic acids is 1. The van der Waals surface area contributed by atoms with E-state index in [1.54, 1.807) is 41.8 Å². The van der Waals surface area contributed by atoms with E-state index in [-0.39, 0.29) is 23.9 Å². The molecule has 0 amide bonds. The standard InChI is InChI=1S/C24H28FN3O4S/c1-5-32-24(29)18-8-6-7-17(13-18)23-16(2)28(15-19(25)11-12-26)22-10-9-20(14-21(22)23)33(30,31)27(3)4/h6-11,13-14H,5,12,15,26H2,1-4H3/p+1/b19-11-. The van der Waals surface area contributed by atoms with E-state index in [9.17, 15) is 17.6 Å². The maximum absolute atomic E-state index is 14.5. The number of carbonyl (C=O) groups is 1. The molecule has 0 spiro atoms. The van der Waals surface area contributed by atoms with Crippen LogP contribution in [-0.4, -0.2) is 50.5 Å². The predicted molar refractivity (Wildman–Crippen MR) is 126 cm³/mol. The average molecular weight is 475 g/mol. The maximum atomic E-state index is 14.5. The van der Waals surface area contributed by atoms with Gasteiger partial charge in [0.05, 0.1) is 30.2 Å². The van der Waals surface area contributed by atoms with E-state index >= 15 is 0 Å². The first kappa shape index (κ1) is 24.6. The third-order valence-electron chi connectivity index (χ3n) is 5.41. The molecule has 1 aromatic heterocycles. The summed E-state index contributed by atoms with van der Waals surface area (Å²) in [5, 5.41) is 0.652. The van der Waals surface area contributed by atoms with Crippen molar-refractivity contribution < 1.29 is 28.1 Å². The van der Waals surface area contributed by atoms with Crippen molar-refractivity contribution in [2.45, 2.75) is 25.3 Å². The second kappa shape index (κ2) is 9.86. The van der Waals surface area contributed by atoms with Crippen LogP contribution in [0.3, 0.4) is 0 Å². The van der Waals surface area contributed by atoms with Gasteiger partial charge in [-0.05, 0) is 49.7 Å². The molecule has 0 aliphatic rings. The number of rotatable bonds is 8. The molecule has 0 saturated carbocycles. The molecule has 9 heteroatoms. The number of nitrogens with zero attached hydrogens (tertiary/aromatic N) is 2. The van der Waals surface area contributed by atoms with Gasteiger partial charge in [0, 0.05) is 42.3 Å². The topological polar surface area (TPSA) is 96.2 Å². The number of ether oxygens (including phenoxy) is 1. The molecule has 3 rings (SSSR count). The minimum absolute atomic E-state index is 0.00476. The Morgan fingerprint density at radius 1 is 1.21 bits per heavy atom. The van der Waals surface area contributed by atoms with Crippen molar-refractivity contribution in [1.29, 1.82) is 0 Å². The van der Waals surface area contributed by atoms with Gasteiger partial charge in [-0.25, -0.2) is 21.9 Å². The maximum Gasteiger partial charge on any atom is 0.338 e. The Hall–Kier alpha value is -3.01. The van der Waals surface area contributed by atoms with Crippen LogP contribution in [-0.2, 0) is 21.3 Å². The highest BCUT2D eigenvalue weighted by Gasteiger charge is 2.22. The molecule has 33 heavy (non-hydrogen) atoms. The Bertz CT molecular complexity index is 1330. The first-order valence-electron chi connectivity index (χ1n) is 10.6. The summed E-state index contributed by atoms with van der Waals surface area (Å²) in [7, 11) is -0.734. The summed E-state index contributed by atoms with van der Waals surface area (Å²) in [4.78, 5) is 12.4. The molecule has 0 unspecified atom stereocenters. The molecular formula is C24H29FN3O4S+. The minimum atomic E-state index is -3.68. The molecule has 2 aromatic carbocycles. The second-order valence-electron chi connectivity index (χ2n) is 7.75. The molecule has 0 aliphatic carbocycles. The van der Waals surface area contributed by atoms with Crippen LogP contribution in [0.2, 0.25) is 0 Å². The number of quaternary nitrogens is 1. The molecule has 7 nitrogen and oxygen atoms in total. The molecule has 0 fully saturated rings. The molecule has 0 radical (unpaired) electrons. The van der Waals surface area contributed by atoms with E-state index in [0.717, 1.165) is 15.6 Å². The lowest BCUT2D eigenvalue weighted by atomic mass is 10.00. The smallest absolute Gasteiger partial charge is 0.338 e. The van der Waals surface area contributed by atoms with Crippen LogP contribution >= 0.6 is 0 Å². The molecule has 176 valence electrons. The Kier molecular flexibility index (Phi) is 7.36. The lowest BCUT2D eigenvalue weighted by Crippen LogP contribution is -2.49. The van der Waals surface area contributed by atoms with E-state index in [0.29, 0.717) is 28.6 Å². The molecule has 3 aromatic rings. The first-order chi connectivity index (χ1) is 15.6. The normalized spacial score (nSPS) is 12.5. The molecule has 0 saturated heterocycles. The van der Waals surface area contributed by atoms with Gasteiger partial charge in [0.15, 0.2) is 0 Å². The summed E-state index contributed by atoms with van der Waals surface area (Å²) in [5.41, 5.74) is 6.92. The van der Waals surface area contributed by atoms with Crippen LogP contribution in [0, 0.1) is 6.92 Å². The van der Waals surface area contributed by atoms with Crippen molar-refractivity contribution in [3.8, 4) is 11.1 Å². The number of allylic oxidation sites excluding steroid dienone is 1. The number of sulfonamides is 1. The summed E-state index contributed by atoms with van der Waals surface area (Å²) in [6.07, 6.45) is 1.41. The van der Waals surface area contributed by atoms with Gasteiger partial charge in [0.2, 0.25) is 10.0 Å². The fourth-order valence-electron chi connectivity index (χ4n) is 3.79. The summed E-state index contributed by atoms with van der Waals surface area (Å²) < 4.78 is 48.1. The number of hydrogen-bond acceptors (Lipinski definition) is 4. The van der Waals surface area contributed by atoms with E-state index < -0.39 is 16.0 Å². The van der Waals surface area contributed by atoms with Gasteiger partial charge in [-0.3, -0.25) is 0 Å². The Morgan fingerprint density at radius 2 is 1.94 bits per heavy atom. The van der Waals surface area contributed by atoms with E-state index in [2.05, 4.69) is 5.73 Å². The fraction of sp³-hybridized carbons (Fsp3) is 0.292. The molecule has 0 aliphatic heterocycles. The summed E-state index contributed by atoms with van der Waals surface area (Å²) >= 11 is 0. The van der Waals surface area contributed by atoms with E-state index in [1.807, 2.05) is 13.0 Å². The highest BCUT2D eigenvalue weighted by molar-refractivity contribution is 7.89. The zero-order valence-corrected chi connectivity index (χ0v) is 20.1. The van der Waals surface area contributed by atoms with Crippen LogP contribution in [0.4, 0.5) is 4.39 Å². The zero-order chi connectivity index (χ0) is 24.3. The molecule has 0 atom stereocenters. The largest absolute Gasteiger partial charge is 0.462 e.